The van der Waals surface area contributed by atoms with E-state index in [-0.39, 0.29) is 51.7 Å². The molecule has 0 spiro atoms. The van der Waals surface area contributed by atoms with Crippen LogP contribution in [0.5, 0.6) is 5.75 Å². The van der Waals surface area contributed by atoms with Crippen molar-refractivity contribution in [3.8, 4) is 5.75 Å². The zero-order valence-electron chi connectivity index (χ0n) is 25.8. The molecule has 1 aliphatic rings. The van der Waals surface area contributed by atoms with E-state index in [1.807, 2.05) is 0 Å². The first-order valence-electron chi connectivity index (χ1n) is 14.1. The Morgan fingerprint density at radius 3 is 2.32 bits per heavy atom. The van der Waals surface area contributed by atoms with E-state index >= 15 is 4.39 Å². The van der Waals surface area contributed by atoms with Crippen LogP contribution in [0.2, 0.25) is 0 Å². The van der Waals surface area contributed by atoms with E-state index in [1.165, 1.54) is 56.4 Å². The Morgan fingerprint density at radius 1 is 1.04 bits per heavy atom. The van der Waals surface area contributed by atoms with Crippen LogP contribution >= 0.6 is 0 Å². The van der Waals surface area contributed by atoms with Gasteiger partial charge in [-0.25, -0.2) is 22.0 Å². The molecule has 3 aromatic carbocycles. The second-order valence-corrected chi connectivity index (χ2v) is 13.1. The van der Waals surface area contributed by atoms with Gasteiger partial charge in [0.1, 0.15) is 11.9 Å². The summed E-state index contributed by atoms with van der Waals surface area (Å²) in [5.41, 5.74) is 5.10. The first kappa shape index (κ1) is 34.6. The predicted octanol–water partition coefficient (Wildman–Crippen LogP) is 3.40. The van der Waals surface area contributed by atoms with Crippen LogP contribution in [0.4, 0.5) is 25.0 Å². The molecule has 1 fully saturated rings. The van der Waals surface area contributed by atoms with E-state index in [0.717, 1.165) is 35.4 Å². The number of urea groups is 1. The molecule has 1 heterocycles. The van der Waals surface area contributed by atoms with E-state index in [4.69, 9.17) is 10.5 Å². The summed E-state index contributed by atoms with van der Waals surface area (Å²) in [6.45, 7) is -0.168. The topological polar surface area (TPSA) is 188 Å². The SMILES string of the molecule is COc1cc([C@@H](Nc2cc(C(N)=O)ccc2F)C(=O)N2CC[C@H](C(=O)O)[C@@H]2c2cc(NC(=O)N(C)C)ccc2S(C)(=O)=O)ccc1F. The fourth-order valence-electron chi connectivity index (χ4n) is 5.37. The highest BCUT2D eigenvalue weighted by molar-refractivity contribution is 7.90. The Bertz CT molecular complexity index is 1850. The number of methoxy groups -OCH3 is 1. The molecule has 1 saturated heterocycles. The molecule has 1 aliphatic heterocycles. The van der Waals surface area contributed by atoms with Gasteiger partial charge in [0.25, 0.3) is 0 Å². The molecule has 0 unspecified atom stereocenters. The Balaban J connectivity index is 1.90. The minimum Gasteiger partial charge on any atom is -0.494 e. The van der Waals surface area contributed by atoms with Crippen molar-refractivity contribution in [1.82, 2.24) is 9.80 Å². The molecule has 47 heavy (non-hydrogen) atoms. The number of amides is 4. The summed E-state index contributed by atoms with van der Waals surface area (Å²) in [6, 6.07) is 7.01. The number of hydrogen-bond donors (Lipinski definition) is 4. The second kappa shape index (κ2) is 13.6. The van der Waals surface area contributed by atoms with E-state index < -0.39 is 63.3 Å². The van der Waals surface area contributed by atoms with Crippen LogP contribution in [0.25, 0.3) is 0 Å². The zero-order valence-corrected chi connectivity index (χ0v) is 26.6. The van der Waals surface area contributed by atoms with Crippen molar-refractivity contribution in [2.24, 2.45) is 11.7 Å². The normalized spacial score (nSPS) is 16.7. The van der Waals surface area contributed by atoms with Crippen LogP contribution < -0.4 is 21.1 Å². The molecule has 3 aromatic rings. The highest BCUT2D eigenvalue weighted by atomic mass is 32.2. The van der Waals surface area contributed by atoms with Gasteiger partial charge in [-0.15, -0.1) is 0 Å². The molecule has 4 amide bonds. The first-order valence-corrected chi connectivity index (χ1v) is 16.0. The summed E-state index contributed by atoms with van der Waals surface area (Å²) in [6.07, 6.45) is 0.832. The van der Waals surface area contributed by atoms with Gasteiger partial charge in [0.05, 0.1) is 29.7 Å². The average molecular weight is 674 g/mol. The molecule has 0 bridgehead atoms. The highest BCUT2D eigenvalue weighted by Gasteiger charge is 2.46. The third kappa shape index (κ3) is 7.43. The summed E-state index contributed by atoms with van der Waals surface area (Å²) in [5, 5.41) is 15.5. The number of ether oxygens (including phenoxy) is 1. The average Bonchev–Trinajstić information content (AvgIpc) is 3.45. The maximum atomic E-state index is 15.1. The number of rotatable bonds is 10. The quantitative estimate of drug-likeness (QED) is 0.250. The van der Waals surface area contributed by atoms with Gasteiger partial charge in [-0.3, -0.25) is 14.4 Å². The zero-order chi connectivity index (χ0) is 34.8. The second-order valence-electron chi connectivity index (χ2n) is 11.1. The summed E-state index contributed by atoms with van der Waals surface area (Å²) in [7, 11) is 0.164. The minimum absolute atomic E-state index is 0.0698. The number of halogens is 2. The lowest BCUT2D eigenvalue weighted by Gasteiger charge is -2.33. The van der Waals surface area contributed by atoms with Crippen LogP contribution in [0.3, 0.4) is 0 Å². The number of likely N-dealkylation sites (tertiary alicyclic amines) is 1. The summed E-state index contributed by atoms with van der Waals surface area (Å²) in [4.78, 5) is 53.4. The molecule has 3 atom stereocenters. The van der Waals surface area contributed by atoms with Gasteiger partial charge in [0, 0.05) is 38.1 Å². The fraction of sp³-hybridized carbons (Fsp3) is 0.290. The molecular weight excluding hydrogens is 640 g/mol. The molecule has 250 valence electrons. The third-order valence-electron chi connectivity index (χ3n) is 7.69. The molecular formula is C31H33F2N5O8S. The number of primary amides is 1. The van der Waals surface area contributed by atoms with Gasteiger partial charge in [0.2, 0.25) is 11.8 Å². The smallest absolute Gasteiger partial charge is 0.321 e. The Labute approximate surface area is 269 Å². The van der Waals surface area contributed by atoms with Crippen LogP contribution in [0, 0.1) is 17.6 Å². The number of hydrogen-bond acceptors (Lipinski definition) is 8. The van der Waals surface area contributed by atoms with Gasteiger partial charge in [-0.2, -0.15) is 0 Å². The Hall–Kier alpha value is -5.25. The molecule has 13 nitrogen and oxygen atoms in total. The van der Waals surface area contributed by atoms with E-state index in [9.17, 15) is 37.1 Å². The van der Waals surface area contributed by atoms with Crippen LogP contribution in [-0.4, -0.2) is 81.1 Å². The Morgan fingerprint density at radius 2 is 1.72 bits per heavy atom. The van der Waals surface area contributed by atoms with Crippen molar-refractivity contribution >= 4 is 45.0 Å². The van der Waals surface area contributed by atoms with Gasteiger partial charge in [-0.1, -0.05) is 6.07 Å². The summed E-state index contributed by atoms with van der Waals surface area (Å²) in [5.74, 6) is -6.20. The van der Waals surface area contributed by atoms with Crippen molar-refractivity contribution < 1.29 is 46.2 Å². The lowest BCUT2D eigenvalue weighted by Crippen LogP contribution is -2.40. The summed E-state index contributed by atoms with van der Waals surface area (Å²) < 4.78 is 60.4. The standard InChI is InChI=1S/C31H33F2N5O8S/c1-37(2)31(43)35-18-7-10-25(47(4,44)45)20(15-18)27-19(30(41)42)11-12-38(27)29(40)26(16-5-9-22(33)24(14-16)46-3)36-23-13-17(28(34)39)6-8-21(23)32/h5-10,13-15,19,26-27,36H,11-12H2,1-4H3,(H2,34,39)(H,35,43)(H,41,42)/t19-,26+,27+/m0/s1. The first-order chi connectivity index (χ1) is 22.0. The fourth-order valence-corrected chi connectivity index (χ4v) is 6.29. The van der Waals surface area contributed by atoms with E-state index in [1.54, 1.807) is 0 Å². The van der Waals surface area contributed by atoms with Gasteiger partial charge < -0.3 is 36.0 Å². The monoisotopic (exact) mass is 673 g/mol. The van der Waals surface area contributed by atoms with Crippen molar-refractivity contribution in [2.75, 3.05) is 44.6 Å². The van der Waals surface area contributed by atoms with Gasteiger partial charge in [-0.05, 0) is 66.1 Å². The molecule has 16 heteroatoms. The number of carbonyl (C=O) groups is 4. The number of nitrogens with one attached hydrogen (secondary N) is 2. The Kier molecular flexibility index (Phi) is 10.0. The van der Waals surface area contributed by atoms with E-state index in [0.29, 0.717) is 0 Å². The van der Waals surface area contributed by atoms with Gasteiger partial charge in [0.15, 0.2) is 21.4 Å². The van der Waals surface area contributed by atoms with Crippen LogP contribution in [0.1, 0.15) is 40.0 Å². The van der Waals surface area contributed by atoms with Crippen molar-refractivity contribution in [2.45, 2.75) is 23.4 Å². The highest BCUT2D eigenvalue weighted by Crippen LogP contribution is 2.43. The molecule has 0 radical (unpaired) electrons. The molecule has 0 aromatic heterocycles. The van der Waals surface area contributed by atoms with Crippen LogP contribution in [0.15, 0.2) is 59.5 Å². The van der Waals surface area contributed by atoms with E-state index in [2.05, 4.69) is 10.6 Å². The number of carboxylic acids is 1. The van der Waals surface area contributed by atoms with Crippen molar-refractivity contribution in [3.63, 3.8) is 0 Å². The molecule has 0 aliphatic carbocycles. The maximum absolute atomic E-state index is 15.1. The predicted molar refractivity (Wildman–Crippen MR) is 167 cm³/mol. The number of aliphatic carboxylic acids is 1. The number of carbonyl (C=O) groups excluding carboxylic acids is 3. The number of anilines is 2. The molecule has 0 saturated carbocycles. The maximum Gasteiger partial charge on any atom is 0.321 e. The number of carboxylic acid groups (broad SMARTS) is 1. The van der Waals surface area contributed by atoms with Crippen LogP contribution in [-0.2, 0) is 19.4 Å². The minimum atomic E-state index is -4.01. The largest absolute Gasteiger partial charge is 0.494 e. The number of sulfone groups is 1. The third-order valence-corrected chi connectivity index (χ3v) is 8.86. The van der Waals surface area contributed by atoms with Gasteiger partial charge >= 0.3 is 12.0 Å². The number of nitrogens with zero attached hydrogens (tertiary/aromatic N) is 2. The summed E-state index contributed by atoms with van der Waals surface area (Å²) >= 11 is 0. The number of benzene rings is 3. The lowest BCUT2D eigenvalue weighted by atomic mass is 9.92. The van der Waals surface area contributed by atoms with Crippen molar-refractivity contribution in [3.05, 3.63) is 82.9 Å². The molecule has 4 rings (SSSR count). The van der Waals surface area contributed by atoms with Crippen molar-refractivity contribution in [1.29, 1.82) is 0 Å². The number of nitrogens with two attached hydrogens (primary N) is 1. The molecule has 5 N–H and O–H groups in total. The lowest BCUT2D eigenvalue weighted by molar-refractivity contribution is -0.143.